The molecule has 0 aliphatic rings. The van der Waals surface area contributed by atoms with Crippen LogP contribution in [0.3, 0.4) is 0 Å². The van der Waals surface area contributed by atoms with Crippen molar-refractivity contribution < 1.29 is 18.3 Å². The zero-order valence-electron chi connectivity index (χ0n) is 8.61. The summed E-state index contributed by atoms with van der Waals surface area (Å²) >= 11 is 0. The van der Waals surface area contributed by atoms with E-state index in [9.17, 15) is 13.2 Å². The second kappa shape index (κ2) is 7.10. The van der Waals surface area contributed by atoms with Gasteiger partial charge in [0.25, 0.3) is 0 Å². The molecule has 0 saturated heterocycles. The molecule has 1 atom stereocenters. The van der Waals surface area contributed by atoms with Crippen LogP contribution in [0.25, 0.3) is 0 Å². The van der Waals surface area contributed by atoms with Gasteiger partial charge in [-0.25, -0.2) is 0 Å². The van der Waals surface area contributed by atoms with Gasteiger partial charge in [0.2, 0.25) is 0 Å². The number of rotatable bonds is 7. The second-order valence-corrected chi connectivity index (χ2v) is 3.77. The molecule has 1 unspecified atom stereocenters. The molecule has 0 radical (unpaired) electrons. The zero-order valence-corrected chi connectivity index (χ0v) is 8.61. The molecule has 0 aromatic heterocycles. The summed E-state index contributed by atoms with van der Waals surface area (Å²) in [6.07, 6.45) is -0.667. The van der Waals surface area contributed by atoms with Gasteiger partial charge in [-0.15, -0.1) is 0 Å². The molecule has 0 aromatic rings. The number of hydrogen-bond acceptors (Lipinski definition) is 1. The fourth-order valence-corrected chi connectivity index (χ4v) is 1.30. The Morgan fingerprint density at radius 1 is 1.00 bits per heavy atom. The number of halogens is 3. The molecule has 0 aromatic carbocycles. The van der Waals surface area contributed by atoms with Gasteiger partial charge in [-0.2, -0.15) is 13.2 Å². The minimum absolute atomic E-state index is 0.234. The van der Waals surface area contributed by atoms with Gasteiger partial charge in [0.15, 0.2) is 0 Å². The lowest BCUT2D eigenvalue weighted by Crippen LogP contribution is -2.06. The van der Waals surface area contributed by atoms with Gasteiger partial charge in [-0.05, 0) is 19.8 Å². The lowest BCUT2D eigenvalue weighted by atomic mass is 10.1. The molecule has 0 spiro atoms. The third-order valence-electron chi connectivity index (χ3n) is 2.08. The Bertz CT molecular complexity index is 132. The summed E-state index contributed by atoms with van der Waals surface area (Å²) in [4.78, 5) is 0. The lowest BCUT2D eigenvalue weighted by molar-refractivity contribution is -0.135. The molecule has 14 heavy (non-hydrogen) atoms. The Labute approximate surface area is 83.3 Å². The molecule has 0 rings (SSSR count). The van der Waals surface area contributed by atoms with Gasteiger partial charge < -0.3 is 5.11 Å². The van der Waals surface area contributed by atoms with Gasteiger partial charge in [0.1, 0.15) is 0 Å². The Morgan fingerprint density at radius 2 is 1.50 bits per heavy atom. The van der Waals surface area contributed by atoms with Crippen LogP contribution in [0, 0.1) is 0 Å². The maximum absolute atomic E-state index is 11.7. The van der Waals surface area contributed by atoms with Crippen molar-refractivity contribution in [1.82, 2.24) is 0 Å². The first-order valence-corrected chi connectivity index (χ1v) is 5.16. The Hall–Kier alpha value is -0.250. The summed E-state index contributed by atoms with van der Waals surface area (Å²) in [6, 6.07) is 0. The number of unbranched alkanes of at least 4 members (excludes halogenated alkanes) is 4. The standard InChI is InChI=1S/C10H19F3O/c1-9(14)7-5-3-2-4-6-8-10(11,12)13/h9,14H,2-8H2,1H3. The Kier molecular flexibility index (Phi) is 6.97. The quantitative estimate of drug-likeness (QED) is 0.638. The predicted molar refractivity (Wildman–Crippen MR) is 50.1 cm³/mol. The van der Waals surface area contributed by atoms with Crippen LogP contribution >= 0.6 is 0 Å². The van der Waals surface area contributed by atoms with Crippen molar-refractivity contribution in [3.63, 3.8) is 0 Å². The minimum Gasteiger partial charge on any atom is -0.393 e. The minimum atomic E-state index is -4.00. The number of aliphatic hydroxyl groups excluding tert-OH is 1. The van der Waals surface area contributed by atoms with Crippen LogP contribution in [0.5, 0.6) is 0 Å². The second-order valence-electron chi connectivity index (χ2n) is 3.77. The van der Waals surface area contributed by atoms with E-state index in [0.717, 1.165) is 25.7 Å². The zero-order chi connectivity index (χ0) is 11.0. The summed E-state index contributed by atoms with van der Waals surface area (Å²) in [5.74, 6) is 0. The Balaban J connectivity index is 3.07. The molecule has 4 heteroatoms. The first-order chi connectivity index (χ1) is 6.42. The summed E-state index contributed by atoms with van der Waals surface area (Å²) in [5.41, 5.74) is 0. The molecule has 86 valence electrons. The van der Waals surface area contributed by atoms with E-state index < -0.39 is 12.6 Å². The van der Waals surface area contributed by atoms with E-state index in [4.69, 9.17) is 5.11 Å². The molecule has 0 amide bonds. The van der Waals surface area contributed by atoms with Crippen LogP contribution in [0.4, 0.5) is 13.2 Å². The third-order valence-corrected chi connectivity index (χ3v) is 2.08. The highest BCUT2D eigenvalue weighted by Gasteiger charge is 2.25. The maximum atomic E-state index is 11.7. The van der Waals surface area contributed by atoms with Crippen LogP contribution in [-0.4, -0.2) is 17.4 Å². The van der Waals surface area contributed by atoms with Crippen molar-refractivity contribution >= 4 is 0 Å². The molecular formula is C10H19F3O. The fraction of sp³-hybridized carbons (Fsp3) is 1.00. The molecule has 0 saturated carbocycles. The molecule has 0 bridgehead atoms. The SMILES string of the molecule is CC(O)CCCCCCCC(F)(F)F. The molecule has 0 fully saturated rings. The van der Waals surface area contributed by atoms with Crippen molar-refractivity contribution in [2.75, 3.05) is 0 Å². The molecule has 0 aliphatic heterocycles. The van der Waals surface area contributed by atoms with E-state index in [1.165, 1.54) is 0 Å². The summed E-state index contributed by atoms with van der Waals surface area (Å²) < 4.78 is 35.1. The highest BCUT2D eigenvalue weighted by molar-refractivity contribution is 4.53. The van der Waals surface area contributed by atoms with Crippen LogP contribution < -0.4 is 0 Å². The van der Waals surface area contributed by atoms with E-state index in [-0.39, 0.29) is 12.5 Å². The molecule has 0 heterocycles. The van der Waals surface area contributed by atoms with Gasteiger partial charge in [-0.1, -0.05) is 25.7 Å². The van der Waals surface area contributed by atoms with Crippen LogP contribution in [0.15, 0.2) is 0 Å². The molecule has 1 N–H and O–H groups in total. The van der Waals surface area contributed by atoms with Crippen molar-refractivity contribution in [3.05, 3.63) is 0 Å². The van der Waals surface area contributed by atoms with Crippen molar-refractivity contribution in [1.29, 1.82) is 0 Å². The first-order valence-electron chi connectivity index (χ1n) is 5.16. The van der Waals surface area contributed by atoms with E-state index in [2.05, 4.69) is 0 Å². The average Bonchev–Trinajstić information content (AvgIpc) is 2.00. The summed E-state index contributed by atoms with van der Waals surface area (Å²) in [6.45, 7) is 1.73. The van der Waals surface area contributed by atoms with E-state index in [1.807, 2.05) is 0 Å². The van der Waals surface area contributed by atoms with Crippen LogP contribution in [0.1, 0.15) is 51.9 Å². The summed E-state index contributed by atoms with van der Waals surface area (Å²) in [7, 11) is 0. The van der Waals surface area contributed by atoms with Crippen molar-refractivity contribution in [2.24, 2.45) is 0 Å². The molecule has 0 aliphatic carbocycles. The van der Waals surface area contributed by atoms with Gasteiger partial charge >= 0.3 is 6.18 Å². The average molecular weight is 212 g/mol. The van der Waals surface area contributed by atoms with Crippen LogP contribution in [-0.2, 0) is 0 Å². The monoisotopic (exact) mass is 212 g/mol. The largest absolute Gasteiger partial charge is 0.393 e. The van der Waals surface area contributed by atoms with Gasteiger partial charge in [-0.3, -0.25) is 0 Å². The lowest BCUT2D eigenvalue weighted by Gasteiger charge is -2.06. The smallest absolute Gasteiger partial charge is 0.389 e. The van der Waals surface area contributed by atoms with Crippen molar-refractivity contribution in [3.8, 4) is 0 Å². The van der Waals surface area contributed by atoms with Gasteiger partial charge in [0, 0.05) is 6.42 Å². The van der Waals surface area contributed by atoms with E-state index in [0.29, 0.717) is 6.42 Å². The maximum Gasteiger partial charge on any atom is 0.389 e. The fourth-order valence-electron chi connectivity index (χ4n) is 1.30. The highest BCUT2D eigenvalue weighted by atomic mass is 19.4. The number of aliphatic hydroxyl groups is 1. The molecular weight excluding hydrogens is 193 g/mol. The van der Waals surface area contributed by atoms with Crippen molar-refractivity contribution in [2.45, 2.75) is 64.1 Å². The van der Waals surface area contributed by atoms with Gasteiger partial charge in [0.05, 0.1) is 6.10 Å². The predicted octanol–water partition coefficient (Wildman–Crippen LogP) is 3.66. The number of alkyl halides is 3. The van der Waals surface area contributed by atoms with Crippen LogP contribution in [0.2, 0.25) is 0 Å². The Morgan fingerprint density at radius 3 is 2.00 bits per heavy atom. The highest BCUT2D eigenvalue weighted by Crippen LogP contribution is 2.23. The van der Waals surface area contributed by atoms with E-state index in [1.54, 1.807) is 6.92 Å². The molecule has 1 nitrogen and oxygen atoms in total. The third kappa shape index (κ3) is 11.8. The van der Waals surface area contributed by atoms with E-state index >= 15 is 0 Å². The number of hydrogen-bond donors (Lipinski definition) is 1. The summed E-state index contributed by atoms with van der Waals surface area (Å²) in [5, 5.41) is 8.91. The topological polar surface area (TPSA) is 20.2 Å². The first kappa shape index (κ1) is 13.8. The normalized spacial score (nSPS) is 14.4.